The fraction of sp³-hybridized carbons (Fsp3) is 0.400. The average Bonchev–Trinajstić information content (AvgIpc) is 2.56. The highest BCUT2D eigenvalue weighted by molar-refractivity contribution is 7.89. The summed E-state index contributed by atoms with van der Waals surface area (Å²) in [6.45, 7) is 0. The van der Waals surface area contributed by atoms with Gasteiger partial charge in [-0.15, -0.1) is 0 Å². The van der Waals surface area contributed by atoms with Gasteiger partial charge in [0.1, 0.15) is 0 Å². The van der Waals surface area contributed by atoms with Crippen LogP contribution in [0.2, 0.25) is 0 Å². The first-order valence-electron chi connectivity index (χ1n) is 4.84. The summed E-state index contributed by atoms with van der Waals surface area (Å²) in [5.74, 6) is 0. The molecule has 0 spiro atoms. The molecule has 0 saturated heterocycles. The van der Waals surface area contributed by atoms with Crippen molar-refractivity contribution in [1.82, 2.24) is 4.72 Å². The van der Waals surface area contributed by atoms with Crippen LogP contribution in [-0.4, -0.2) is 21.5 Å². The normalized spacial score (nSPS) is 20.3. The quantitative estimate of drug-likeness (QED) is 0.746. The second kappa shape index (κ2) is 3.59. The molecule has 3 N–H and O–H groups in total. The van der Waals surface area contributed by atoms with Gasteiger partial charge in [-0.05, 0) is 43.1 Å². The van der Waals surface area contributed by atoms with E-state index in [1.54, 1.807) is 12.1 Å². The Balaban J connectivity index is 2.44. The predicted molar refractivity (Wildman–Crippen MR) is 58.1 cm³/mol. The Morgan fingerprint density at radius 3 is 2.67 bits per heavy atom. The van der Waals surface area contributed by atoms with Crippen LogP contribution in [0.25, 0.3) is 0 Å². The lowest BCUT2D eigenvalue weighted by atomic mass is 10.1. The third-order valence-corrected chi connectivity index (χ3v) is 4.13. The number of benzene rings is 1. The van der Waals surface area contributed by atoms with Gasteiger partial charge in [-0.2, -0.15) is 0 Å². The summed E-state index contributed by atoms with van der Waals surface area (Å²) in [5.41, 5.74) is 8.03. The third-order valence-electron chi connectivity index (χ3n) is 2.72. The number of hydrogen-bond acceptors (Lipinski definition) is 3. The molecule has 4 nitrogen and oxygen atoms in total. The van der Waals surface area contributed by atoms with Crippen molar-refractivity contribution in [1.29, 1.82) is 0 Å². The van der Waals surface area contributed by atoms with Crippen molar-refractivity contribution in [3.05, 3.63) is 29.3 Å². The molecular weight excluding hydrogens is 212 g/mol. The van der Waals surface area contributed by atoms with E-state index in [1.165, 1.54) is 7.05 Å². The molecule has 0 fully saturated rings. The molecule has 2 rings (SSSR count). The van der Waals surface area contributed by atoms with Crippen LogP contribution in [0.4, 0.5) is 0 Å². The maximum absolute atomic E-state index is 11.5. The molecule has 1 aliphatic carbocycles. The van der Waals surface area contributed by atoms with Crippen LogP contribution < -0.4 is 10.5 Å². The number of nitrogens with two attached hydrogens (primary N) is 1. The maximum Gasteiger partial charge on any atom is 0.240 e. The molecule has 0 saturated carbocycles. The second-order valence-corrected chi connectivity index (χ2v) is 5.69. The van der Waals surface area contributed by atoms with Gasteiger partial charge in [-0.3, -0.25) is 0 Å². The van der Waals surface area contributed by atoms with Crippen LogP contribution in [0.3, 0.4) is 0 Å². The average molecular weight is 226 g/mol. The second-order valence-electron chi connectivity index (χ2n) is 3.81. The first-order chi connectivity index (χ1) is 7.03. The zero-order valence-corrected chi connectivity index (χ0v) is 9.34. The SMILES string of the molecule is CNS(=O)(=O)c1ccc2c(c1)CC(N)C2. The topological polar surface area (TPSA) is 72.2 Å². The molecule has 1 aromatic carbocycles. The fourth-order valence-electron chi connectivity index (χ4n) is 1.91. The Labute approximate surface area is 89.5 Å². The molecule has 82 valence electrons. The molecule has 1 aromatic rings. The van der Waals surface area contributed by atoms with Gasteiger partial charge in [0.15, 0.2) is 0 Å². The fourth-order valence-corrected chi connectivity index (χ4v) is 2.69. The molecule has 0 aliphatic heterocycles. The van der Waals surface area contributed by atoms with Crippen molar-refractivity contribution in [3.8, 4) is 0 Å². The first kappa shape index (κ1) is 10.6. The van der Waals surface area contributed by atoms with Crippen molar-refractivity contribution in [2.75, 3.05) is 7.05 Å². The van der Waals surface area contributed by atoms with Crippen LogP contribution in [0.1, 0.15) is 11.1 Å². The Morgan fingerprint density at radius 2 is 2.00 bits per heavy atom. The van der Waals surface area contributed by atoms with Gasteiger partial charge in [-0.1, -0.05) is 6.07 Å². The summed E-state index contributed by atoms with van der Waals surface area (Å²) in [5, 5.41) is 0. The zero-order valence-electron chi connectivity index (χ0n) is 8.53. The Kier molecular flexibility index (Phi) is 2.54. The van der Waals surface area contributed by atoms with E-state index < -0.39 is 10.0 Å². The number of sulfonamides is 1. The lowest BCUT2D eigenvalue weighted by Crippen LogP contribution is -2.19. The molecule has 0 heterocycles. The summed E-state index contributed by atoms with van der Waals surface area (Å²) in [6.07, 6.45) is 1.61. The van der Waals surface area contributed by atoms with Crippen LogP contribution in [0, 0.1) is 0 Å². The molecule has 15 heavy (non-hydrogen) atoms. The molecular formula is C10H14N2O2S. The summed E-state index contributed by atoms with van der Waals surface area (Å²) in [6, 6.07) is 5.33. The van der Waals surface area contributed by atoms with Crippen LogP contribution in [0.15, 0.2) is 23.1 Å². The van der Waals surface area contributed by atoms with E-state index in [0.29, 0.717) is 4.90 Å². The Bertz CT molecular complexity index is 482. The van der Waals surface area contributed by atoms with E-state index in [-0.39, 0.29) is 6.04 Å². The highest BCUT2D eigenvalue weighted by Crippen LogP contribution is 2.24. The van der Waals surface area contributed by atoms with Crippen molar-refractivity contribution < 1.29 is 8.42 Å². The Morgan fingerprint density at radius 1 is 1.33 bits per heavy atom. The maximum atomic E-state index is 11.5. The van der Waals surface area contributed by atoms with Crippen molar-refractivity contribution in [3.63, 3.8) is 0 Å². The molecule has 1 aliphatic rings. The number of nitrogens with one attached hydrogen (secondary N) is 1. The van der Waals surface area contributed by atoms with Gasteiger partial charge in [-0.25, -0.2) is 13.1 Å². The minimum atomic E-state index is -3.33. The van der Waals surface area contributed by atoms with Gasteiger partial charge in [0.05, 0.1) is 4.90 Å². The van der Waals surface area contributed by atoms with E-state index in [2.05, 4.69) is 4.72 Å². The summed E-state index contributed by atoms with van der Waals surface area (Å²) in [4.78, 5) is 0.317. The van der Waals surface area contributed by atoms with Crippen LogP contribution >= 0.6 is 0 Å². The first-order valence-corrected chi connectivity index (χ1v) is 6.32. The molecule has 1 atom stereocenters. The number of rotatable bonds is 2. The summed E-state index contributed by atoms with van der Waals surface area (Å²) < 4.78 is 25.4. The van der Waals surface area contributed by atoms with E-state index in [0.717, 1.165) is 24.0 Å². The lowest BCUT2D eigenvalue weighted by Gasteiger charge is -2.04. The highest BCUT2D eigenvalue weighted by atomic mass is 32.2. The Hall–Kier alpha value is -0.910. The van der Waals surface area contributed by atoms with Gasteiger partial charge >= 0.3 is 0 Å². The highest BCUT2D eigenvalue weighted by Gasteiger charge is 2.20. The largest absolute Gasteiger partial charge is 0.327 e. The van der Waals surface area contributed by atoms with E-state index in [1.807, 2.05) is 6.07 Å². The molecule has 1 unspecified atom stereocenters. The van der Waals surface area contributed by atoms with Gasteiger partial charge in [0.2, 0.25) is 10.0 Å². The standard InChI is InChI=1S/C10H14N2O2S/c1-12-15(13,14)10-3-2-7-4-9(11)5-8(7)6-10/h2-3,6,9,12H,4-5,11H2,1H3. The van der Waals surface area contributed by atoms with Crippen molar-refractivity contribution >= 4 is 10.0 Å². The number of fused-ring (bicyclic) bond motifs is 1. The predicted octanol–water partition coefficient (Wildman–Crippen LogP) is 0.0206. The molecule has 0 radical (unpaired) electrons. The monoisotopic (exact) mass is 226 g/mol. The lowest BCUT2D eigenvalue weighted by molar-refractivity contribution is 0.588. The minimum absolute atomic E-state index is 0.132. The van der Waals surface area contributed by atoms with E-state index >= 15 is 0 Å². The molecule has 0 aromatic heterocycles. The van der Waals surface area contributed by atoms with Crippen molar-refractivity contribution in [2.45, 2.75) is 23.8 Å². The smallest absolute Gasteiger partial charge is 0.240 e. The summed E-state index contributed by atoms with van der Waals surface area (Å²) >= 11 is 0. The molecule has 5 heteroatoms. The van der Waals surface area contributed by atoms with Gasteiger partial charge in [0, 0.05) is 6.04 Å². The summed E-state index contributed by atoms with van der Waals surface area (Å²) in [7, 11) is -1.92. The van der Waals surface area contributed by atoms with E-state index in [9.17, 15) is 8.42 Å². The van der Waals surface area contributed by atoms with Crippen LogP contribution in [0.5, 0.6) is 0 Å². The third kappa shape index (κ3) is 1.90. The number of hydrogen-bond donors (Lipinski definition) is 2. The molecule has 0 amide bonds. The minimum Gasteiger partial charge on any atom is -0.327 e. The molecule has 0 bridgehead atoms. The van der Waals surface area contributed by atoms with E-state index in [4.69, 9.17) is 5.73 Å². The van der Waals surface area contributed by atoms with Crippen molar-refractivity contribution in [2.24, 2.45) is 5.73 Å². The van der Waals surface area contributed by atoms with Crippen LogP contribution in [-0.2, 0) is 22.9 Å². The van der Waals surface area contributed by atoms with Gasteiger partial charge < -0.3 is 5.73 Å². The zero-order chi connectivity index (χ0) is 11.1. The van der Waals surface area contributed by atoms with Gasteiger partial charge in [0.25, 0.3) is 0 Å².